The first-order chi connectivity index (χ1) is 13.2. The summed E-state index contributed by atoms with van der Waals surface area (Å²) in [6.45, 7) is 4.33. The molecule has 0 aliphatic carbocycles. The minimum atomic E-state index is 1.18. The van der Waals surface area contributed by atoms with Crippen molar-refractivity contribution < 1.29 is 4.57 Å². The van der Waals surface area contributed by atoms with E-state index < -0.39 is 0 Å². The van der Waals surface area contributed by atoms with E-state index in [0.29, 0.717) is 0 Å². The topological polar surface area (TPSA) is 28.5 Å². The van der Waals surface area contributed by atoms with Crippen LogP contribution in [0.25, 0.3) is 38.5 Å². The van der Waals surface area contributed by atoms with E-state index in [9.17, 15) is 0 Å². The number of pyridine rings is 1. The second-order valence-electron chi connectivity index (χ2n) is 7.24. The highest BCUT2D eigenvalue weighted by molar-refractivity contribution is 6.16. The lowest BCUT2D eigenvalue weighted by molar-refractivity contribution is -0.536. The molecule has 4 nitrogen and oxygen atoms in total. The van der Waals surface area contributed by atoms with Gasteiger partial charge in [-0.15, -0.1) is 0 Å². The van der Waals surface area contributed by atoms with E-state index in [1.165, 1.54) is 49.8 Å². The first-order valence-electron chi connectivity index (χ1n) is 9.23. The number of hydrogen-bond donors (Lipinski definition) is 1. The van der Waals surface area contributed by atoms with Crippen LogP contribution < -0.4 is 4.57 Å². The maximum atomic E-state index is 3.59. The molecule has 0 radical (unpaired) electrons. The molecule has 6 aromatic rings. The summed E-state index contributed by atoms with van der Waals surface area (Å²) < 4.78 is 6.69. The van der Waals surface area contributed by atoms with Gasteiger partial charge in [-0.1, -0.05) is 30.3 Å². The number of aromatic amines is 1. The van der Waals surface area contributed by atoms with Gasteiger partial charge < -0.3 is 0 Å². The first kappa shape index (κ1) is 14.6. The highest BCUT2D eigenvalue weighted by atomic mass is 15.4. The molecule has 6 rings (SSSR count). The van der Waals surface area contributed by atoms with Crippen molar-refractivity contribution in [3.63, 3.8) is 0 Å². The van der Waals surface area contributed by atoms with Crippen LogP contribution in [0.1, 0.15) is 11.3 Å². The van der Waals surface area contributed by atoms with Crippen LogP contribution in [0.2, 0.25) is 0 Å². The molecule has 0 aliphatic heterocycles. The zero-order valence-electron chi connectivity index (χ0n) is 15.3. The number of H-pyrrole nitrogens is 1. The highest BCUT2D eigenvalue weighted by Gasteiger charge is 2.26. The Balaban J connectivity index is 2.00. The van der Waals surface area contributed by atoms with Crippen molar-refractivity contribution in [3.05, 3.63) is 84.2 Å². The van der Waals surface area contributed by atoms with Crippen LogP contribution in [0.15, 0.2) is 72.9 Å². The van der Waals surface area contributed by atoms with Crippen LogP contribution in [0.3, 0.4) is 0 Å². The Labute approximate surface area is 155 Å². The first-order valence-corrected chi connectivity index (χ1v) is 9.23. The zero-order chi connectivity index (χ0) is 18.1. The molecule has 0 saturated carbocycles. The van der Waals surface area contributed by atoms with E-state index in [-0.39, 0.29) is 0 Å². The van der Waals surface area contributed by atoms with Crippen LogP contribution in [0, 0.1) is 13.8 Å². The fourth-order valence-corrected chi connectivity index (χ4v) is 4.54. The average molecular weight is 351 g/mol. The summed E-state index contributed by atoms with van der Waals surface area (Å²) in [5, 5.41) is 6.14. The van der Waals surface area contributed by atoms with Gasteiger partial charge >= 0.3 is 0 Å². The standard InChI is InChI=1S/C23H19N4/c1-15-14-16(2)27-22(15)18-10-6-11-19-21(18)23-20(12-7-13-25(23)24-27)26(19)17-8-4-3-5-9-17/h3-14,24H,1-2H3/q+1. The summed E-state index contributed by atoms with van der Waals surface area (Å²) in [7, 11) is 0. The number of aryl methyl sites for hydroxylation is 2. The number of benzene rings is 2. The van der Waals surface area contributed by atoms with Crippen LogP contribution in [0.5, 0.6) is 0 Å². The maximum Gasteiger partial charge on any atom is 0.238 e. The molecule has 27 heavy (non-hydrogen) atoms. The number of fused-ring (bicyclic) bond motifs is 2. The summed E-state index contributed by atoms with van der Waals surface area (Å²) in [4.78, 5) is 0. The van der Waals surface area contributed by atoms with Crippen molar-refractivity contribution in [1.29, 1.82) is 0 Å². The molecule has 0 amide bonds. The van der Waals surface area contributed by atoms with E-state index >= 15 is 0 Å². The molecule has 1 N–H and O–H groups in total. The Morgan fingerprint density at radius 1 is 0.815 bits per heavy atom. The molecular formula is C23H19N4+. The number of nitrogens with zero attached hydrogens (tertiary/aromatic N) is 3. The maximum absolute atomic E-state index is 3.59. The van der Waals surface area contributed by atoms with Gasteiger partial charge in [-0.05, 0) is 31.5 Å². The Morgan fingerprint density at radius 3 is 2.48 bits per heavy atom. The van der Waals surface area contributed by atoms with Crippen LogP contribution in [-0.2, 0) is 0 Å². The minimum absolute atomic E-state index is 1.18. The van der Waals surface area contributed by atoms with E-state index in [1.807, 2.05) is 0 Å². The molecule has 0 saturated heterocycles. The molecule has 130 valence electrons. The van der Waals surface area contributed by atoms with Crippen molar-refractivity contribution in [2.75, 3.05) is 0 Å². The molecule has 0 bridgehead atoms. The average Bonchev–Trinajstić information content (AvgIpc) is 3.10. The van der Waals surface area contributed by atoms with Crippen molar-refractivity contribution in [1.82, 2.24) is 14.2 Å². The van der Waals surface area contributed by atoms with Crippen LogP contribution in [-0.4, -0.2) is 14.2 Å². The fourth-order valence-electron chi connectivity index (χ4n) is 4.54. The summed E-state index contributed by atoms with van der Waals surface area (Å²) in [6.07, 6.45) is 2.09. The van der Waals surface area contributed by atoms with E-state index in [0.717, 1.165) is 0 Å². The van der Waals surface area contributed by atoms with Crippen molar-refractivity contribution >= 4 is 32.8 Å². The third-order valence-electron chi connectivity index (χ3n) is 5.59. The van der Waals surface area contributed by atoms with Gasteiger partial charge in [0, 0.05) is 41.5 Å². The normalized spacial score (nSPS) is 12.1. The van der Waals surface area contributed by atoms with Gasteiger partial charge in [0.05, 0.1) is 10.9 Å². The number of hydrogen-bond acceptors (Lipinski definition) is 0. The predicted octanol–water partition coefficient (Wildman–Crippen LogP) is 4.72. The molecule has 2 aromatic carbocycles. The Kier molecular flexibility index (Phi) is 2.71. The number of nitrogens with one attached hydrogen (secondary N) is 1. The van der Waals surface area contributed by atoms with Crippen molar-refractivity contribution in [3.8, 4) is 5.69 Å². The third kappa shape index (κ3) is 1.79. The van der Waals surface area contributed by atoms with Gasteiger partial charge in [0.25, 0.3) is 0 Å². The second kappa shape index (κ2) is 5.01. The Bertz CT molecular complexity index is 1480. The monoisotopic (exact) mass is 351 g/mol. The fraction of sp³-hybridized carbons (Fsp3) is 0.0870. The molecule has 0 unspecified atom stereocenters. The SMILES string of the molecule is Cc1cc(C)n2[nH]n3cccc4c3c3c(cccc3[n+]4-c3ccccc3)c12. The molecule has 4 heterocycles. The zero-order valence-corrected chi connectivity index (χ0v) is 15.3. The molecular weight excluding hydrogens is 332 g/mol. The summed E-state index contributed by atoms with van der Waals surface area (Å²) in [5.74, 6) is 0. The second-order valence-corrected chi connectivity index (χ2v) is 7.24. The quantitative estimate of drug-likeness (QED) is 0.415. The molecule has 0 aliphatic rings. The lowest BCUT2D eigenvalue weighted by atomic mass is 10.1. The van der Waals surface area contributed by atoms with Gasteiger partial charge in [-0.2, -0.15) is 4.57 Å². The van der Waals surface area contributed by atoms with Gasteiger partial charge in [0.1, 0.15) is 0 Å². The third-order valence-corrected chi connectivity index (χ3v) is 5.59. The molecule has 0 fully saturated rings. The number of para-hydroxylation sites is 1. The van der Waals surface area contributed by atoms with Crippen molar-refractivity contribution in [2.45, 2.75) is 13.8 Å². The molecule has 4 heteroatoms. The van der Waals surface area contributed by atoms with Gasteiger partial charge in [0.2, 0.25) is 16.7 Å². The number of aromatic nitrogens is 4. The molecule has 4 aromatic heterocycles. The summed E-state index contributed by atoms with van der Waals surface area (Å²) in [6, 6.07) is 23.7. The van der Waals surface area contributed by atoms with Crippen LogP contribution >= 0.6 is 0 Å². The Morgan fingerprint density at radius 2 is 1.63 bits per heavy atom. The van der Waals surface area contributed by atoms with Crippen LogP contribution in [0.4, 0.5) is 0 Å². The molecule has 0 atom stereocenters. The molecule has 0 spiro atoms. The minimum Gasteiger partial charge on any atom is -0.245 e. The van der Waals surface area contributed by atoms with Gasteiger partial charge in [-0.3, -0.25) is 0 Å². The van der Waals surface area contributed by atoms with Gasteiger partial charge in [0.15, 0.2) is 5.52 Å². The van der Waals surface area contributed by atoms with E-state index in [4.69, 9.17) is 0 Å². The lowest BCUT2D eigenvalue weighted by Crippen LogP contribution is -2.29. The smallest absolute Gasteiger partial charge is 0.238 e. The van der Waals surface area contributed by atoms with Gasteiger partial charge in [-0.25, -0.2) is 14.2 Å². The Hall–Kier alpha value is -3.53. The van der Waals surface area contributed by atoms with E-state index in [2.05, 4.69) is 106 Å². The summed E-state index contributed by atoms with van der Waals surface area (Å²) in [5.41, 5.74) is 8.51. The number of rotatable bonds is 1. The van der Waals surface area contributed by atoms with Crippen molar-refractivity contribution in [2.24, 2.45) is 0 Å². The lowest BCUT2D eigenvalue weighted by Gasteiger charge is -2.00. The predicted molar refractivity (Wildman–Crippen MR) is 109 cm³/mol. The summed E-state index contributed by atoms with van der Waals surface area (Å²) >= 11 is 0. The van der Waals surface area contributed by atoms with E-state index in [1.54, 1.807) is 0 Å². The highest BCUT2D eigenvalue weighted by Crippen LogP contribution is 2.33. The largest absolute Gasteiger partial charge is 0.245 e.